The van der Waals surface area contributed by atoms with Crippen LogP contribution < -0.4 is 5.32 Å². The minimum Gasteiger partial charge on any atom is -0.379 e. The monoisotopic (exact) mass is 307 g/mol. The van der Waals surface area contributed by atoms with Crippen LogP contribution in [-0.4, -0.2) is 47.7 Å². The molecule has 2 aliphatic rings. The number of amides is 1. The maximum Gasteiger partial charge on any atom is 0.255 e. The molecule has 2 heterocycles. The first-order valence-corrected chi connectivity index (χ1v) is 8.14. The molecule has 1 N–H and O–H groups in total. The molecule has 2 atom stereocenters. The highest BCUT2D eigenvalue weighted by Crippen LogP contribution is 2.27. The van der Waals surface area contributed by atoms with Crippen molar-refractivity contribution in [1.29, 1.82) is 0 Å². The summed E-state index contributed by atoms with van der Waals surface area (Å²) in [5, 5.41) is 7.27. The molecular weight excluding hydrogens is 282 g/mol. The van der Waals surface area contributed by atoms with Crippen LogP contribution in [0.2, 0.25) is 0 Å². The fraction of sp³-hybridized carbons (Fsp3) is 0.750. The molecule has 0 unspecified atom stereocenters. The SMILES string of the molecule is Cc1nn(C)cc1C(=O)N[C@@H]1COCC[C@@H]1OCC1CCC1. The number of carbonyl (C=O) groups excluding carboxylic acids is 1. The van der Waals surface area contributed by atoms with Crippen molar-refractivity contribution in [1.82, 2.24) is 15.1 Å². The van der Waals surface area contributed by atoms with Crippen molar-refractivity contribution in [2.75, 3.05) is 19.8 Å². The van der Waals surface area contributed by atoms with Gasteiger partial charge in [-0.2, -0.15) is 5.10 Å². The highest BCUT2D eigenvalue weighted by Gasteiger charge is 2.30. The average molecular weight is 307 g/mol. The van der Waals surface area contributed by atoms with E-state index >= 15 is 0 Å². The van der Waals surface area contributed by atoms with Gasteiger partial charge in [-0.25, -0.2) is 0 Å². The molecule has 3 rings (SSSR count). The van der Waals surface area contributed by atoms with E-state index in [0.717, 1.165) is 18.7 Å². The van der Waals surface area contributed by atoms with Crippen molar-refractivity contribution >= 4 is 5.91 Å². The molecule has 1 aromatic heterocycles. The number of nitrogens with one attached hydrogen (secondary N) is 1. The molecule has 0 aromatic carbocycles. The van der Waals surface area contributed by atoms with Gasteiger partial charge < -0.3 is 14.8 Å². The molecule has 6 heteroatoms. The second-order valence-electron chi connectivity index (χ2n) is 6.41. The number of rotatable bonds is 5. The van der Waals surface area contributed by atoms with Crippen molar-refractivity contribution in [3.8, 4) is 0 Å². The van der Waals surface area contributed by atoms with E-state index in [1.54, 1.807) is 10.9 Å². The Morgan fingerprint density at radius 1 is 1.50 bits per heavy atom. The summed E-state index contributed by atoms with van der Waals surface area (Å²) in [4.78, 5) is 12.4. The molecule has 0 spiro atoms. The Hall–Kier alpha value is -1.40. The predicted molar refractivity (Wildman–Crippen MR) is 81.7 cm³/mol. The van der Waals surface area contributed by atoms with Gasteiger partial charge in [-0.05, 0) is 32.1 Å². The summed E-state index contributed by atoms with van der Waals surface area (Å²) in [6.07, 6.45) is 6.50. The summed E-state index contributed by atoms with van der Waals surface area (Å²) in [5.41, 5.74) is 1.36. The van der Waals surface area contributed by atoms with Crippen LogP contribution in [0.5, 0.6) is 0 Å². The van der Waals surface area contributed by atoms with E-state index in [1.807, 2.05) is 14.0 Å². The average Bonchev–Trinajstić information content (AvgIpc) is 2.78. The van der Waals surface area contributed by atoms with Gasteiger partial charge in [0.2, 0.25) is 0 Å². The highest BCUT2D eigenvalue weighted by atomic mass is 16.5. The first-order chi connectivity index (χ1) is 10.6. The maximum absolute atomic E-state index is 12.4. The summed E-state index contributed by atoms with van der Waals surface area (Å²) in [7, 11) is 1.82. The second kappa shape index (κ2) is 6.79. The Labute approximate surface area is 131 Å². The van der Waals surface area contributed by atoms with Gasteiger partial charge in [-0.15, -0.1) is 0 Å². The molecule has 1 aliphatic carbocycles. The van der Waals surface area contributed by atoms with Gasteiger partial charge in [0.25, 0.3) is 5.91 Å². The number of aromatic nitrogens is 2. The first-order valence-electron chi connectivity index (χ1n) is 8.14. The number of carbonyl (C=O) groups is 1. The van der Waals surface area contributed by atoms with E-state index in [2.05, 4.69) is 10.4 Å². The normalized spacial score (nSPS) is 25.7. The van der Waals surface area contributed by atoms with Crippen LogP contribution in [0.15, 0.2) is 6.20 Å². The molecule has 22 heavy (non-hydrogen) atoms. The zero-order chi connectivity index (χ0) is 15.5. The number of nitrogens with zero attached hydrogens (tertiary/aromatic N) is 2. The molecule has 1 aliphatic heterocycles. The number of ether oxygens (including phenoxy) is 2. The lowest BCUT2D eigenvalue weighted by molar-refractivity contribution is -0.0696. The van der Waals surface area contributed by atoms with Crippen molar-refractivity contribution in [2.24, 2.45) is 13.0 Å². The predicted octanol–water partition coefficient (Wildman–Crippen LogP) is 1.43. The summed E-state index contributed by atoms with van der Waals surface area (Å²) < 4.78 is 13.2. The topological polar surface area (TPSA) is 65.4 Å². The molecule has 1 amide bonds. The van der Waals surface area contributed by atoms with Crippen molar-refractivity contribution in [3.63, 3.8) is 0 Å². The number of hydrogen-bond acceptors (Lipinski definition) is 4. The van der Waals surface area contributed by atoms with Crippen LogP contribution in [-0.2, 0) is 16.5 Å². The lowest BCUT2D eigenvalue weighted by atomic mass is 9.86. The molecular formula is C16H25N3O3. The van der Waals surface area contributed by atoms with Crippen molar-refractivity contribution < 1.29 is 14.3 Å². The molecule has 1 saturated carbocycles. The van der Waals surface area contributed by atoms with Gasteiger partial charge >= 0.3 is 0 Å². The van der Waals surface area contributed by atoms with E-state index in [-0.39, 0.29) is 18.1 Å². The Morgan fingerprint density at radius 3 is 2.95 bits per heavy atom. The quantitative estimate of drug-likeness (QED) is 0.894. The lowest BCUT2D eigenvalue weighted by Crippen LogP contribution is -2.51. The molecule has 1 aromatic rings. The molecule has 1 saturated heterocycles. The molecule has 6 nitrogen and oxygen atoms in total. The zero-order valence-corrected chi connectivity index (χ0v) is 13.4. The molecule has 0 radical (unpaired) electrons. The number of aryl methyl sites for hydroxylation is 2. The third-order valence-electron chi connectivity index (χ3n) is 4.64. The van der Waals surface area contributed by atoms with Gasteiger partial charge in [0.05, 0.1) is 30.0 Å². The summed E-state index contributed by atoms with van der Waals surface area (Å²) >= 11 is 0. The number of hydrogen-bond donors (Lipinski definition) is 1. The minimum absolute atomic E-state index is 0.0512. The molecule has 0 bridgehead atoms. The minimum atomic E-state index is -0.0988. The fourth-order valence-electron chi connectivity index (χ4n) is 3.04. The van der Waals surface area contributed by atoms with Crippen LogP contribution in [0.1, 0.15) is 41.7 Å². The van der Waals surface area contributed by atoms with Crippen LogP contribution in [0.3, 0.4) is 0 Å². The highest BCUT2D eigenvalue weighted by molar-refractivity contribution is 5.95. The summed E-state index contributed by atoms with van der Waals surface area (Å²) in [6.45, 7) is 3.87. The third-order valence-corrected chi connectivity index (χ3v) is 4.64. The zero-order valence-electron chi connectivity index (χ0n) is 13.4. The lowest BCUT2D eigenvalue weighted by Gasteiger charge is -2.34. The Morgan fingerprint density at radius 2 is 2.32 bits per heavy atom. The maximum atomic E-state index is 12.4. The standard InChI is InChI=1S/C16H25N3O3/c1-11-13(8-19(2)18-11)16(20)17-14-10-21-7-6-15(14)22-9-12-4-3-5-12/h8,12,14-15H,3-7,9-10H2,1-2H3,(H,17,20)/t14-,15+/m1/s1. The summed E-state index contributed by atoms with van der Waals surface area (Å²) in [6, 6.07) is -0.0825. The first kappa shape index (κ1) is 15.5. The third kappa shape index (κ3) is 3.50. The van der Waals surface area contributed by atoms with E-state index in [0.29, 0.717) is 24.7 Å². The van der Waals surface area contributed by atoms with E-state index < -0.39 is 0 Å². The van der Waals surface area contributed by atoms with Crippen molar-refractivity contribution in [3.05, 3.63) is 17.5 Å². The van der Waals surface area contributed by atoms with E-state index in [9.17, 15) is 4.79 Å². The second-order valence-corrected chi connectivity index (χ2v) is 6.41. The van der Waals surface area contributed by atoms with Gasteiger partial charge in [0.15, 0.2) is 0 Å². The Balaban J connectivity index is 1.58. The largest absolute Gasteiger partial charge is 0.379 e. The van der Waals surface area contributed by atoms with Gasteiger partial charge in [-0.1, -0.05) is 6.42 Å². The van der Waals surface area contributed by atoms with Crippen molar-refractivity contribution in [2.45, 2.75) is 44.8 Å². The van der Waals surface area contributed by atoms with Crippen LogP contribution in [0.25, 0.3) is 0 Å². The summed E-state index contributed by atoms with van der Waals surface area (Å²) in [5.74, 6) is 0.609. The van der Waals surface area contributed by atoms with Gasteiger partial charge in [0.1, 0.15) is 0 Å². The molecule has 2 fully saturated rings. The van der Waals surface area contributed by atoms with Gasteiger partial charge in [-0.3, -0.25) is 9.48 Å². The van der Waals surface area contributed by atoms with Gasteiger partial charge in [0, 0.05) is 26.5 Å². The van der Waals surface area contributed by atoms with Crippen LogP contribution >= 0.6 is 0 Å². The molecule has 122 valence electrons. The fourth-order valence-corrected chi connectivity index (χ4v) is 3.04. The van der Waals surface area contributed by atoms with Crippen LogP contribution in [0.4, 0.5) is 0 Å². The van der Waals surface area contributed by atoms with Crippen LogP contribution in [0, 0.1) is 12.8 Å². The Bertz CT molecular complexity index is 525. The van der Waals surface area contributed by atoms with E-state index in [4.69, 9.17) is 9.47 Å². The smallest absolute Gasteiger partial charge is 0.255 e. The Kier molecular flexibility index (Phi) is 4.78. The van der Waals surface area contributed by atoms with E-state index in [1.165, 1.54) is 19.3 Å².